The molecular weight excluding hydrogens is 312 g/mol. The maximum Gasteiger partial charge on any atom is 0.132 e. The van der Waals surface area contributed by atoms with Crippen molar-refractivity contribution in [2.24, 2.45) is 5.92 Å². The largest absolute Gasteiger partial charge is 0.492 e. The molecular formula is C22H32O3. The lowest BCUT2D eigenvalue weighted by atomic mass is 9.81. The Morgan fingerprint density at radius 2 is 2.04 bits per heavy atom. The maximum atomic E-state index is 11.5. The lowest BCUT2D eigenvalue weighted by Gasteiger charge is -2.20. The molecule has 2 atom stereocenters. The predicted molar refractivity (Wildman–Crippen MR) is 100 cm³/mol. The Labute approximate surface area is 151 Å². The first-order chi connectivity index (χ1) is 11.8. The van der Waals surface area contributed by atoms with Gasteiger partial charge in [-0.1, -0.05) is 39.8 Å². The first-order valence-electron chi connectivity index (χ1n) is 9.75. The summed E-state index contributed by atoms with van der Waals surface area (Å²) in [5, 5.41) is 9.56. The number of carbonyl (C=O) groups excluding carboxylic acids is 1. The summed E-state index contributed by atoms with van der Waals surface area (Å²) in [5.74, 6) is 1.80. The van der Waals surface area contributed by atoms with Crippen LogP contribution in [-0.4, -0.2) is 24.1 Å². The van der Waals surface area contributed by atoms with E-state index in [9.17, 15) is 9.90 Å². The van der Waals surface area contributed by atoms with Gasteiger partial charge in [0.05, 0.1) is 6.61 Å². The molecule has 1 aliphatic carbocycles. The van der Waals surface area contributed by atoms with Gasteiger partial charge in [0.1, 0.15) is 11.5 Å². The van der Waals surface area contributed by atoms with Gasteiger partial charge in [-0.2, -0.15) is 0 Å². The highest BCUT2D eigenvalue weighted by Gasteiger charge is 2.51. The zero-order valence-corrected chi connectivity index (χ0v) is 16.2. The van der Waals surface area contributed by atoms with Gasteiger partial charge in [-0.3, -0.25) is 4.79 Å². The number of hydrogen-bond donors (Lipinski definition) is 1. The number of fused-ring (bicyclic) bond motifs is 1. The number of benzene rings is 1. The zero-order valence-electron chi connectivity index (χ0n) is 16.2. The Morgan fingerprint density at radius 3 is 2.68 bits per heavy atom. The van der Waals surface area contributed by atoms with Crippen LogP contribution in [0.15, 0.2) is 12.1 Å². The smallest absolute Gasteiger partial charge is 0.132 e. The topological polar surface area (TPSA) is 46.5 Å². The number of aliphatic hydroxyl groups is 1. The molecule has 0 amide bonds. The number of Topliss-reactive ketones (excluding diaryl/α,β-unsaturated/α-hetero) is 1. The molecule has 1 heterocycles. The second-order valence-electron chi connectivity index (χ2n) is 8.79. The van der Waals surface area contributed by atoms with Crippen LogP contribution >= 0.6 is 0 Å². The number of hydrogen-bond acceptors (Lipinski definition) is 3. The number of ether oxygens (including phenoxy) is 1. The summed E-state index contributed by atoms with van der Waals surface area (Å²) in [7, 11) is 0. The van der Waals surface area contributed by atoms with Crippen LogP contribution < -0.4 is 4.74 Å². The lowest BCUT2D eigenvalue weighted by Crippen LogP contribution is -2.19. The molecule has 1 saturated carbocycles. The summed E-state index contributed by atoms with van der Waals surface area (Å²) in [6, 6.07) is 4.62. The number of aliphatic hydroxyl groups excluding tert-OH is 1. The molecule has 0 bridgehead atoms. The van der Waals surface area contributed by atoms with E-state index in [1.807, 2.05) is 6.92 Å². The Kier molecular flexibility index (Phi) is 4.98. The van der Waals surface area contributed by atoms with E-state index >= 15 is 0 Å². The third-order valence-corrected chi connectivity index (χ3v) is 6.31. The molecule has 0 radical (unpaired) electrons. The number of carbonyl (C=O) groups is 1. The van der Waals surface area contributed by atoms with Crippen LogP contribution in [0.25, 0.3) is 0 Å². The highest BCUT2D eigenvalue weighted by molar-refractivity contribution is 5.77. The van der Waals surface area contributed by atoms with Crippen molar-refractivity contribution >= 4 is 5.78 Å². The molecule has 1 fully saturated rings. The van der Waals surface area contributed by atoms with Crippen molar-refractivity contribution in [2.45, 2.75) is 77.0 Å². The summed E-state index contributed by atoms with van der Waals surface area (Å²) >= 11 is 0. The van der Waals surface area contributed by atoms with Crippen molar-refractivity contribution in [1.82, 2.24) is 0 Å². The standard InChI is InChI=1S/C22H32O3/c1-5-18(24)9-7-6-8-15-10-16(22(4)12-17(22)13-23)11-19-20(15)25-14-21(19,2)3/h10-11,17,23H,5-9,12-14H2,1-4H3. The molecule has 3 heteroatoms. The van der Waals surface area contributed by atoms with Gasteiger partial charge >= 0.3 is 0 Å². The van der Waals surface area contributed by atoms with Gasteiger partial charge in [-0.15, -0.1) is 0 Å². The van der Waals surface area contributed by atoms with Gasteiger partial charge in [0.2, 0.25) is 0 Å². The molecule has 3 nitrogen and oxygen atoms in total. The summed E-state index contributed by atoms with van der Waals surface area (Å²) < 4.78 is 6.07. The van der Waals surface area contributed by atoms with Gasteiger partial charge < -0.3 is 9.84 Å². The van der Waals surface area contributed by atoms with Crippen molar-refractivity contribution in [3.8, 4) is 5.75 Å². The molecule has 1 N–H and O–H groups in total. The number of ketones is 1. The van der Waals surface area contributed by atoms with Crippen LogP contribution in [0.2, 0.25) is 0 Å². The minimum absolute atomic E-state index is 0.0399. The first kappa shape index (κ1) is 18.4. The molecule has 25 heavy (non-hydrogen) atoms. The Bertz CT molecular complexity index is 661. The Morgan fingerprint density at radius 1 is 1.28 bits per heavy atom. The van der Waals surface area contributed by atoms with Crippen molar-refractivity contribution < 1.29 is 14.6 Å². The molecule has 0 saturated heterocycles. The molecule has 3 rings (SSSR count). The minimum atomic E-state index is 0.0399. The van der Waals surface area contributed by atoms with Crippen LogP contribution in [0.1, 0.15) is 76.5 Å². The molecule has 1 aliphatic heterocycles. The Hall–Kier alpha value is -1.35. The minimum Gasteiger partial charge on any atom is -0.492 e. The highest BCUT2D eigenvalue weighted by Crippen LogP contribution is 2.55. The van der Waals surface area contributed by atoms with Crippen LogP contribution in [0.5, 0.6) is 5.75 Å². The van der Waals surface area contributed by atoms with Crippen LogP contribution in [0, 0.1) is 5.92 Å². The summed E-state index contributed by atoms with van der Waals surface area (Å²) in [5.41, 5.74) is 4.10. The number of aryl methyl sites for hydroxylation is 1. The molecule has 2 unspecified atom stereocenters. The summed E-state index contributed by atoms with van der Waals surface area (Å²) in [6.07, 6.45) is 5.33. The third kappa shape index (κ3) is 3.48. The van der Waals surface area contributed by atoms with E-state index in [4.69, 9.17) is 4.74 Å². The average Bonchev–Trinajstić information content (AvgIpc) is 3.18. The first-order valence-corrected chi connectivity index (χ1v) is 9.75. The zero-order chi connectivity index (χ0) is 18.2. The predicted octanol–water partition coefficient (Wildman–Crippen LogP) is 4.32. The number of unbranched alkanes of at least 4 members (excludes halogenated alkanes) is 1. The van der Waals surface area contributed by atoms with Crippen LogP contribution in [-0.2, 0) is 22.0 Å². The maximum absolute atomic E-state index is 11.5. The van der Waals surface area contributed by atoms with E-state index in [1.165, 1.54) is 16.7 Å². The van der Waals surface area contributed by atoms with Gasteiger partial charge in [0.15, 0.2) is 0 Å². The second kappa shape index (κ2) is 6.75. The molecule has 1 aromatic carbocycles. The molecule has 138 valence electrons. The Balaban J connectivity index is 1.82. The van der Waals surface area contributed by atoms with Crippen molar-refractivity contribution in [3.63, 3.8) is 0 Å². The third-order valence-electron chi connectivity index (χ3n) is 6.31. The fourth-order valence-electron chi connectivity index (χ4n) is 4.09. The van der Waals surface area contributed by atoms with Crippen molar-refractivity contribution in [1.29, 1.82) is 0 Å². The normalized spacial score (nSPS) is 26.2. The number of rotatable bonds is 8. The van der Waals surface area contributed by atoms with E-state index in [0.717, 1.165) is 38.0 Å². The second-order valence-corrected chi connectivity index (χ2v) is 8.79. The monoisotopic (exact) mass is 344 g/mol. The molecule has 1 aromatic rings. The van der Waals surface area contributed by atoms with Gasteiger partial charge in [0.25, 0.3) is 0 Å². The lowest BCUT2D eigenvalue weighted by molar-refractivity contribution is -0.118. The van der Waals surface area contributed by atoms with Crippen LogP contribution in [0.4, 0.5) is 0 Å². The SMILES string of the molecule is CCC(=O)CCCCc1cc(C2(C)CC2CO)cc2c1OCC2(C)C. The highest BCUT2D eigenvalue weighted by atomic mass is 16.5. The summed E-state index contributed by atoms with van der Waals surface area (Å²) in [6.45, 7) is 9.68. The molecule has 0 spiro atoms. The van der Waals surface area contributed by atoms with Gasteiger partial charge in [0, 0.05) is 30.4 Å². The van der Waals surface area contributed by atoms with Crippen molar-refractivity contribution in [2.75, 3.05) is 13.2 Å². The van der Waals surface area contributed by atoms with E-state index < -0.39 is 0 Å². The van der Waals surface area contributed by atoms with E-state index in [0.29, 0.717) is 24.5 Å². The van der Waals surface area contributed by atoms with E-state index in [1.54, 1.807) is 0 Å². The van der Waals surface area contributed by atoms with E-state index in [-0.39, 0.29) is 17.4 Å². The van der Waals surface area contributed by atoms with Crippen LogP contribution in [0.3, 0.4) is 0 Å². The fraction of sp³-hybridized carbons (Fsp3) is 0.682. The quantitative estimate of drug-likeness (QED) is 0.715. The van der Waals surface area contributed by atoms with Crippen molar-refractivity contribution in [3.05, 3.63) is 28.8 Å². The fourth-order valence-corrected chi connectivity index (χ4v) is 4.09. The average molecular weight is 344 g/mol. The van der Waals surface area contributed by atoms with E-state index in [2.05, 4.69) is 32.9 Å². The van der Waals surface area contributed by atoms with Gasteiger partial charge in [-0.05, 0) is 48.1 Å². The molecule has 2 aliphatic rings. The summed E-state index contributed by atoms with van der Waals surface area (Å²) in [4.78, 5) is 11.5. The molecule has 0 aromatic heterocycles. The van der Waals surface area contributed by atoms with Gasteiger partial charge in [-0.25, -0.2) is 0 Å².